The standard InChI is InChI=1S/C13H21FN2O2S/c1-13(2,10-16(3)4)9-15-19(17,18)12-8-6-5-7-11(12)14/h5-8,15H,9-10H2,1-4H3/p+1. The zero-order valence-electron chi connectivity index (χ0n) is 11.8. The van der Waals surface area contributed by atoms with E-state index in [1.54, 1.807) is 0 Å². The summed E-state index contributed by atoms with van der Waals surface area (Å²) in [5.41, 5.74) is -0.197. The van der Waals surface area contributed by atoms with Crippen LogP contribution in [0.25, 0.3) is 0 Å². The first-order chi connectivity index (χ1) is 8.64. The molecule has 0 amide bonds. The first-order valence-corrected chi connectivity index (χ1v) is 7.66. The van der Waals surface area contributed by atoms with Gasteiger partial charge < -0.3 is 4.90 Å². The Bertz CT molecular complexity index is 527. The second-order valence-corrected chi connectivity index (χ2v) is 7.54. The SMILES string of the molecule is C[NH+](C)CC(C)(C)CNS(=O)(=O)c1ccccc1F. The molecular weight excluding hydrogens is 267 g/mol. The quantitative estimate of drug-likeness (QED) is 0.790. The highest BCUT2D eigenvalue weighted by molar-refractivity contribution is 7.89. The molecule has 0 aliphatic carbocycles. The first-order valence-electron chi connectivity index (χ1n) is 6.17. The van der Waals surface area contributed by atoms with Crippen LogP contribution in [0.3, 0.4) is 0 Å². The van der Waals surface area contributed by atoms with Crippen LogP contribution in [0.15, 0.2) is 29.2 Å². The number of rotatable bonds is 6. The van der Waals surface area contributed by atoms with Gasteiger partial charge >= 0.3 is 0 Å². The average molecular weight is 289 g/mol. The van der Waals surface area contributed by atoms with Crippen molar-refractivity contribution in [3.63, 3.8) is 0 Å². The molecule has 19 heavy (non-hydrogen) atoms. The Labute approximate surface area is 114 Å². The van der Waals surface area contributed by atoms with Crippen molar-refractivity contribution in [2.24, 2.45) is 5.41 Å². The molecule has 0 bridgehead atoms. The van der Waals surface area contributed by atoms with Crippen LogP contribution in [0.1, 0.15) is 13.8 Å². The van der Waals surface area contributed by atoms with Gasteiger partial charge in [-0.2, -0.15) is 0 Å². The molecule has 0 spiro atoms. The van der Waals surface area contributed by atoms with Crippen LogP contribution in [0.5, 0.6) is 0 Å². The normalized spacial score (nSPS) is 12.9. The van der Waals surface area contributed by atoms with E-state index in [1.807, 2.05) is 27.9 Å². The zero-order chi connectivity index (χ0) is 14.7. The topological polar surface area (TPSA) is 50.6 Å². The second kappa shape index (κ2) is 5.98. The highest BCUT2D eigenvalue weighted by Crippen LogP contribution is 2.16. The van der Waals surface area contributed by atoms with Gasteiger partial charge in [-0.3, -0.25) is 0 Å². The molecule has 108 valence electrons. The van der Waals surface area contributed by atoms with Crippen LogP contribution < -0.4 is 9.62 Å². The number of hydrogen-bond acceptors (Lipinski definition) is 2. The van der Waals surface area contributed by atoms with Gasteiger partial charge in [0.05, 0.1) is 20.6 Å². The Kier molecular flexibility index (Phi) is 5.06. The molecule has 2 N–H and O–H groups in total. The first kappa shape index (κ1) is 16.1. The maximum atomic E-state index is 13.5. The van der Waals surface area contributed by atoms with Crippen LogP contribution >= 0.6 is 0 Å². The summed E-state index contributed by atoms with van der Waals surface area (Å²) in [7, 11) is 0.220. The average Bonchev–Trinajstić information content (AvgIpc) is 2.25. The highest BCUT2D eigenvalue weighted by Gasteiger charge is 2.26. The molecule has 0 fully saturated rings. The van der Waals surface area contributed by atoms with E-state index in [9.17, 15) is 12.8 Å². The summed E-state index contributed by atoms with van der Waals surface area (Å²) in [6.45, 7) is 5.04. The Morgan fingerprint density at radius 3 is 2.37 bits per heavy atom. The van der Waals surface area contributed by atoms with E-state index in [0.29, 0.717) is 0 Å². The van der Waals surface area contributed by atoms with E-state index in [2.05, 4.69) is 4.72 Å². The van der Waals surface area contributed by atoms with Gasteiger partial charge in [-0.05, 0) is 12.1 Å². The summed E-state index contributed by atoms with van der Waals surface area (Å²) in [4.78, 5) is 0.929. The Balaban J connectivity index is 2.80. The third-order valence-electron chi connectivity index (χ3n) is 2.70. The van der Waals surface area contributed by atoms with E-state index < -0.39 is 15.8 Å². The third-order valence-corrected chi connectivity index (χ3v) is 4.13. The lowest BCUT2D eigenvalue weighted by Crippen LogP contribution is -3.07. The summed E-state index contributed by atoms with van der Waals surface area (Å²) >= 11 is 0. The number of nitrogens with one attached hydrogen (secondary N) is 2. The van der Waals surface area contributed by atoms with Crippen LogP contribution in [-0.2, 0) is 10.0 Å². The maximum Gasteiger partial charge on any atom is 0.243 e. The molecule has 4 nitrogen and oxygen atoms in total. The van der Waals surface area contributed by atoms with E-state index in [1.165, 1.54) is 23.1 Å². The number of benzene rings is 1. The largest absolute Gasteiger partial charge is 0.339 e. The van der Waals surface area contributed by atoms with Crippen molar-refractivity contribution < 1.29 is 17.7 Å². The molecule has 6 heteroatoms. The molecule has 0 saturated heterocycles. The molecule has 0 aliphatic rings. The summed E-state index contributed by atoms with van der Waals surface area (Å²) in [6, 6.07) is 5.38. The smallest absolute Gasteiger partial charge is 0.243 e. The lowest BCUT2D eigenvalue weighted by Gasteiger charge is -2.26. The van der Waals surface area contributed by atoms with E-state index in [4.69, 9.17) is 0 Å². The van der Waals surface area contributed by atoms with Gasteiger partial charge in [0.25, 0.3) is 0 Å². The minimum Gasteiger partial charge on any atom is -0.339 e. The van der Waals surface area contributed by atoms with E-state index in [-0.39, 0.29) is 16.9 Å². The van der Waals surface area contributed by atoms with Crippen molar-refractivity contribution in [1.29, 1.82) is 0 Å². The zero-order valence-corrected chi connectivity index (χ0v) is 12.6. The van der Waals surface area contributed by atoms with E-state index >= 15 is 0 Å². The van der Waals surface area contributed by atoms with Gasteiger partial charge in [0, 0.05) is 12.0 Å². The Morgan fingerprint density at radius 1 is 1.26 bits per heavy atom. The van der Waals surface area contributed by atoms with Crippen molar-refractivity contribution in [2.75, 3.05) is 27.2 Å². The molecular formula is C13H22FN2O2S+. The van der Waals surface area contributed by atoms with Crippen LogP contribution in [0.2, 0.25) is 0 Å². The monoisotopic (exact) mass is 289 g/mol. The molecule has 0 unspecified atom stereocenters. The van der Waals surface area contributed by atoms with Crippen molar-refractivity contribution in [3.05, 3.63) is 30.1 Å². The number of quaternary nitrogens is 1. The number of hydrogen-bond donors (Lipinski definition) is 2. The summed E-state index contributed by atoms with van der Waals surface area (Å²) in [6.07, 6.45) is 0. The Hall–Kier alpha value is -0.980. The summed E-state index contributed by atoms with van der Waals surface area (Å²) in [5, 5.41) is 0. The summed E-state index contributed by atoms with van der Waals surface area (Å²) < 4.78 is 40.0. The molecule has 0 radical (unpaired) electrons. The van der Waals surface area contributed by atoms with Crippen molar-refractivity contribution in [2.45, 2.75) is 18.7 Å². The Morgan fingerprint density at radius 2 is 1.84 bits per heavy atom. The van der Waals surface area contributed by atoms with Gasteiger partial charge in [-0.1, -0.05) is 26.0 Å². The molecule has 0 aliphatic heterocycles. The van der Waals surface area contributed by atoms with Crippen LogP contribution in [0.4, 0.5) is 4.39 Å². The van der Waals surface area contributed by atoms with Gasteiger partial charge in [0.15, 0.2) is 0 Å². The predicted molar refractivity (Wildman–Crippen MR) is 73.0 cm³/mol. The molecule has 1 aromatic carbocycles. The van der Waals surface area contributed by atoms with Crippen molar-refractivity contribution >= 4 is 10.0 Å². The summed E-state index contributed by atoms with van der Waals surface area (Å²) in [5.74, 6) is -0.731. The fraction of sp³-hybridized carbons (Fsp3) is 0.538. The molecule has 1 aromatic rings. The predicted octanol–water partition coefficient (Wildman–Crippen LogP) is 0.275. The maximum absolute atomic E-state index is 13.5. The van der Waals surface area contributed by atoms with Gasteiger partial charge in [-0.15, -0.1) is 0 Å². The van der Waals surface area contributed by atoms with Crippen LogP contribution in [0, 0.1) is 11.2 Å². The fourth-order valence-electron chi connectivity index (χ4n) is 2.05. The minimum absolute atomic E-state index is 0.197. The number of halogens is 1. The molecule has 0 heterocycles. The van der Waals surface area contributed by atoms with Crippen molar-refractivity contribution in [1.82, 2.24) is 4.72 Å². The molecule has 0 saturated carbocycles. The third kappa shape index (κ3) is 4.89. The van der Waals surface area contributed by atoms with Gasteiger partial charge in [0.1, 0.15) is 10.7 Å². The molecule has 1 rings (SSSR count). The molecule has 0 aromatic heterocycles. The van der Waals surface area contributed by atoms with Gasteiger partial charge in [0.2, 0.25) is 10.0 Å². The lowest BCUT2D eigenvalue weighted by atomic mass is 9.93. The number of sulfonamides is 1. The van der Waals surface area contributed by atoms with Gasteiger partial charge in [-0.25, -0.2) is 17.5 Å². The van der Waals surface area contributed by atoms with Crippen molar-refractivity contribution in [3.8, 4) is 0 Å². The molecule has 0 atom stereocenters. The van der Waals surface area contributed by atoms with E-state index in [0.717, 1.165) is 12.6 Å². The lowest BCUT2D eigenvalue weighted by molar-refractivity contribution is -0.865. The fourth-order valence-corrected chi connectivity index (χ4v) is 3.37. The van der Waals surface area contributed by atoms with Crippen LogP contribution in [-0.4, -0.2) is 35.6 Å². The minimum atomic E-state index is -3.79. The second-order valence-electron chi connectivity index (χ2n) is 5.80. The highest BCUT2D eigenvalue weighted by atomic mass is 32.2.